The van der Waals surface area contributed by atoms with Crippen molar-refractivity contribution in [3.8, 4) is 0 Å². The molecule has 5 heteroatoms. The molecule has 0 bridgehead atoms. The highest BCUT2D eigenvalue weighted by atomic mass is 19.1. The van der Waals surface area contributed by atoms with Gasteiger partial charge in [-0.15, -0.1) is 0 Å². The number of carbonyl (C=O) groups is 1. The zero-order valence-corrected chi connectivity index (χ0v) is 14.2. The molecule has 23 heavy (non-hydrogen) atoms. The summed E-state index contributed by atoms with van der Waals surface area (Å²) in [5.74, 6) is -2.01. The lowest BCUT2D eigenvalue weighted by Crippen LogP contribution is -2.41. The lowest BCUT2D eigenvalue weighted by atomic mass is 10.1. The molecule has 1 atom stereocenters. The summed E-state index contributed by atoms with van der Waals surface area (Å²) < 4.78 is 13.0. The van der Waals surface area contributed by atoms with Crippen LogP contribution in [-0.4, -0.2) is 33.8 Å². The molecular formula is C18H27FN2O2. The Kier molecular flexibility index (Phi) is 5.42. The predicted octanol–water partition coefficient (Wildman–Crippen LogP) is 3.27. The largest absolute Gasteiger partial charge is 0.356 e. The van der Waals surface area contributed by atoms with Gasteiger partial charge in [-0.2, -0.15) is 0 Å². The first-order chi connectivity index (χ1) is 10.8. The van der Waals surface area contributed by atoms with Gasteiger partial charge in [0.25, 0.3) is 5.91 Å². The number of nitrogens with one attached hydrogen (secondary N) is 1. The van der Waals surface area contributed by atoms with Crippen LogP contribution < -0.4 is 5.32 Å². The van der Waals surface area contributed by atoms with Gasteiger partial charge in [-0.3, -0.25) is 15.0 Å². The normalized spacial score (nSPS) is 22.2. The minimum absolute atomic E-state index is 0.295. The molecule has 1 saturated heterocycles. The van der Waals surface area contributed by atoms with Crippen LogP contribution in [0.4, 0.5) is 4.39 Å². The first kappa shape index (κ1) is 17.9. The number of unbranched alkanes of at least 4 members (excludes halogenated alkanes) is 4. The second kappa shape index (κ2) is 6.97. The number of hydrogen-bond acceptors (Lipinski definition) is 3. The third kappa shape index (κ3) is 3.56. The maximum atomic E-state index is 13.0. The maximum Gasteiger partial charge on any atom is 0.257 e. The number of benzene rings is 1. The fourth-order valence-electron chi connectivity index (χ4n) is 2.98. The van der Waals surface area contributed by atoms with Crippen molar-refractivity contribution in [2.75, 3.05) is 6.54 Å². The third-order valence-electron chi connectivity index (χ3n) is 4.63. The first-order valence-corrected chi connectivity index (χ1v) is 8.42. The van der Waals surface area contributed by atoms with Crippen LogP contribution in [-0.2, 0) is 0 Å². The van der Waals surface area contributed by atoms with Crippen molar-refractivity contribution in [1.29, 1.82) is 0 Å². The number of halogens is 1. The van der Waals surface area contributed by atoms with E-state index in [1.165, 1.54) is 48.4 Å². The quantitative estimate of drug-likeness (QED) is 0.439. The lowest BCUT2D eigenvalue weighted by molar-refractivity contribution is 0.0394. The van der Waals surface area contributed by atoms with E-state index in [2.05, 4.69) is 12.2 Å². The van der Waals surface area contributed by atoms with E-state index in [9.17, 15) is 14.3 Å². The van der Waals surface area contributed by atoms with E-state index in [0.29, 0.717) is 12.1 Å². The molecule has 128 valence electrons. The molecule has 2 N–H and O–H groups in total. The number of aliphatic hydroxyl groups is 1. The van der Waals surface area contributed by atoms with Crippen molar-refractivity contribution in [2.24, 2.45) is 0 Å². The number of amides is 1. The summed E-state index contributed by atoms with van der Waals surface area (Å²) in [7, 11) is 0. The monoisotopic (exact) mass is 322 g/mol. The molecule has 1 amide bonds. The summed E-state index contributed by atoms with van der Waals surface area (Å²) in [5, 5.41) is 13.8. The summed E-state index contributed by atoms with van der Waals surface area (Å²) in [5.41, 5.74) is -0.304. The molecule has 0 radical (unpaired) electrons. The molecule has 1 aliphatic rings. The van der Waals surface area contributed by atoms with E-state index < -0.39 is 11.4 Å². The Morgan fingerprint density at radius 2 is 1.78 bits per heavy atom. The summed E-state index contributed by atoms with van der Waals surface area (Å²) in [4.78, 5) is 13.9. The highest BCUT2D eigenvalue weighted by molar-refractivity contribution is 5.97. The molecule has 0 aromatic heterocycles. The summed E-state index contributed by atoms with van der Waals surface area (Å²) >= 11 is 0. The summed E-state index contributed by atoms with van der Waals surface area (Å²) in [6.07, 6.45) is 5.70. The topological polar surface area (TPSA) is 52.3 Å². The molecule has 1 heterocycles. The van der Waals surface area contributed by atoms with Crippen LogP contribution in [0.3, 0.4) is 0 Å². The Labute approximate surface area is 137 Å². The average molecular weight is 322 g/mol. The van der Waals surface area contributed by atoms with Gasteiger partial charge in [0.1, 0.15) is 11.4 Å². The zero-order chi connectivity index (χ0) is 17.1. The van der Waals surface area contributed by atoms with E-state index in [4.69, 9.17) is 0 Å². The van der Waals surface area contributed by atoms with Crippen molar-refractivity contribution < 1.29 is 14.3 Å². The van der Waals surface area contributed by atoms with Crippen molar-refractivity contribution in [3.63, 3.8) is 0 Å². The molecule has 2 rings (SSSR count). The predicted molar refractivity (Wildman–Crippen MR) is 88.4 cm³/mol. The molecule has 1 aromatic carbocycles. The smallest absolute Gasteiger partial charge is 0.257 e. The van der Waals surface area contributed by atoms with Gasteiger partial charge >= 0.3 is 0 Å². The van der Waals surface area contributed by atoms with Gasteiger partial charge in [-0.1, -0.05) is 32.6 Å². The van der Waals surface area contributed by atoms with Crippen molar-refractivity contribution in [3.05, 3.63) is 35.6 Å². The van der Waals surface area contributed by atoms with E-state index in [1.54, 1.807) is 0 Å². The molecule has 0 aliphatic carbocycles. The number of hydrogen-bond donors (Lipinski definition) is 2. The second-order valence-corrected chi connectivity index (χ2v) is 6.72. The molecule has 1 aromatic rings. The number of nitrogens with zero attached hydrogens (tertiary/aromatic N) is 1. The highest BCUT2D eigenvalue weighted by Crippen LogP contribution is 2.48. The zero-order valence-electron chi connectivity index (χ0n) is 14.2. The van der Waals surface area contributed by atoms with Crippen LogP contribution in [0.1, 0.15) is 63.2 Å². The van der Waals surface area contributed by atoms with E-state index >= 15 is 0 Å². The van der Waals surface area contributed by atoms with E-state index in [1.807, 2.05) is 13.8 Å². The van der Waals surface area contributed by atoms with Gasteiger partial charge in [0.05, 0.1) is 0 Å². The fraction of sp³-hybridized carbons (Fsp3) is 0.611. The highest BCUT2D eigenvalue weighted by Gasteiger charge is 2.71. The molecule has 1 unspecified atom stereocenters. The van der Waals surface area contributed by atoms with Crippen LogP contribution in [0.2, 0.25) is 0 Å². The van der Waals surface area contributed by atoms with E-state index in [-0.39, 0.29) is 11.7 Å². The minimum Gasteiger partial charge on any atom is -0.356 e. The number of rotatable bonds is 8. The Balaban J connectivity index is 1.92. The third-order valence-corrected chi connectivity index (χ3v) is 4.63. The molecule has 1 fully saturated rings. The lowest BCUT2D eigenvalue weighted by Gasteiger charge is -2.13. The summed E-state index contributed by atoms with van der Waals surface area (Å²) in [6, 6.07) is 5.39. The van der Waals surface area contributed by atoms with Crippen molar-refractivity contribution in [2.45, 2.75) is 64.3 Å². The average Bonchev–Trinajstić information content (AvgIpc) is 2.95. The van der Waals surface area contributed by atoms with Crippen LogP contribution in [0.5, 0.6) is 0 Å². The minimum atomic E-state index is -1.33. The standard InChI is InChI=1S/C18H27FN2O2/c1-4-5-6-7-8-13-20-18(23)17(2,3)21(18)16(22)14-9-11-15(19)12-10-14/h9-12,20,23H,4-8,13H2,1-3H3. The number of carbonyl (C=O) groups excluding carboxylic acids is 1. The first-order valence-electron chi connectivity index (χ1n) is 8.42. The maximum absolute atomic E-state index is 13.0. The van der Waals surface area contributed by atoms with Crippen LogP contribution in [0.15, 0.2) is 24.3 Å². The Morgan fingerprint density at radius 3 is 2.39 bits per heavy atom. The SMILES string of the molecule is CCCCCCCNC1(O)N(C(=O)c2ccc(F)cc2)C1(C)C. The van der Waals surface area contributed by atoms with Crippen molar-refractivity contribution >= 4 is 5.91 Å². The van der Waals surface area contributed by atoms with Gasteiger partial charge in [-0.25, -0.2) is 4.39 Å². The fourth-order valence-corrected chi connectivity index (χ4v) is 2.98. The van der Waals surface area contributed by atoms with Gasteiger partial charge in [-0.05, 0) is 51.1 Å². The van der Waals surface area contributed by atoms with E-state index in [0.717, 1.165) is 12.8 Å². The van der Waals surface area contributed by atoms with Gasteiger partial charge in [0.2, 0.25) is 5.85 Å². The molecule has 4 nitrogen and oxygen atoms in total. The van der Waals surface area contributed by atoms with Gasteiger partial charge in [0, 0.05) is 5.56 Å². The van der Waals surface area contributed by atoms with Crippen LogP contribution >= 0.6 is 0 Å². The summed E-state index contributed by atoms with van der Waals surface area (Å²) in [6.45, 7) is 6.47. The van der Waals surface area contributed by atoms with Crippen LogP contribution in [0.25, 0.3) is 0 Å². The van der Waals surface area contributed by atoms with Gasteiger partial charge in [0.15, 0.2) is 0 Å². The molecular weight excluding hydrogens is 295 g/mol. The molecule has 0 saturated carbocycles. The molecule has 0 spiro atoms. The second-order valence-electron chi connectivity index (χ2n) is 6.72. The van der Waals surface area contributed by atoms with Gasteiger partial charge < -0.3 is 5.11 Å². The Bertz CT molecular complexity index is 544. The van der Waals surface area contributed by atoms with Crippen molar-refractivity contribution in [1.82, 2.24) is 10.2 Å². The Morgan fingerprint density at radius 1 is 1.17 bits per heavy atom. The van der Waals surface area contributed by atoms with Crippen LogP contribution in [0, 0.1) is 5.82 Å². The Hall–Kier alpha value is -1.46. The molecule has 1 aliphatic heterocycles.